The van der Waals surface area contributed by atoms with Crippen molar-refractivity contribution in [1.82, 2.24) is 0 Å². The Bertz CT molecular complexity index is 1990. The smallest absolute Gasteiger partial charge is 0.187 e. The van der Waals surface area contributed by atoms with Crippen LogP contribution in [0.5, 0.6) is 0 Å². The summed E-state index contributed by atoms with van der Waals surface area (Å²) in [4.78, 5) is 0. The molecule has 10 rings (SSSR count). The van der Waals surface area contributed by atoms with Gasteiger partial charge in [0.15, 0.2) is 30.9 Å². The van der Waals surface area contributed by atoms with Crippen LogP contribution in [0.15, 0.2) is 11.6 Å². The van der Waals surface area contributed by atoms with Crippen LogP contribution >= 0.6 is 0 Å². The van der Waals surface area contributed by atoms with Crippen LogP contribution in [0.4, 0.5) is 0 Å². The molecule has 10 aliphatic rings. The minimum absolute atomic E-state index is 0.0381. The fourth-order valence-corrected chi connectivity index (χ4v) is 15.6. The van der Waals surface area contributed by atoms with Crippen LogP contribution in [-0.2, 0) is 47.4 Å². The lowest BCUT2D eigenvalue weighted by atomic mass is 9.47. The van der Waals surface area contributed by atoms with Gasteiger partial charge in [-0.25, -0.2) is 0 Å². The molecule has 424 valence electrons. The first-order valence-corrected chi connectivity index (χ1v) is 26.9. The van der Waals surface area contributed by atoms with Gasteiger partial charge in [-0.15, -0.1) is 0 Å². The minimum Gasteiger partial charge on any atom is -0.394 e. The third-order valence-electron chi connectivity index (χ3n) is 20.0. The number of aliphatic hydroxyl groups is 13. The Morgan fingerprint density at radius 1 is 0.568 bits per heavy atom. The summed E-state index contributed by atoms with van der Waals surface area (Å²) < 4.78 is 61.7. The van der Waals surface area contributed by atoms with Crippen molar-refractivity contribution in [3.8, 4) is 0 Å². The second kappa shape index (κ2) is 21.0. The van der Waals surface area contributed by atoms with E-state index in [4.69, 9.17) is 47.4 Å². The molecule has 0 aromatic heterocycles. The summed E-state index contributed by atoms with van der Waals surface area (Å²) in [6.45, 7) is 8.05. The molecule has 1 spiro atoms. The second-order valence-corrected chi connectivity index (χ2v) is 24.1. The zero-order valence-electron chi connectivity index (χ0n) is 42.8. The summed E-state index contributed by atoms with van der Waals surface area (Å²) in [6.07, 6.45) is -24.1. The first-order chi connectivity index (χ1) is 35.0. The van der Waals surface area contributed by atoms with Gasteiger partial charge in [0.05, 0.1) is 50.3 Å². The van der Waals surface area contributed by atoms with Crippen LogP contribution in [0.1, 0.15) is 92.4 Å². The van der Waals surface area contributed by atoms with E-state index >= 15 is 0 Å². The first kappa shape index (κ1) is 56.1. The van der Waals surface area contributed by atoms with Gasteiger partial charge in [-0.05, 0) is 99.7 Å². The monoisotopic (exact) mass is 1060 g/mol. The van der Waals surface area contributed by atoms with E-state index in [1.807, 2.05) is 6.92 Å². The summed E-state index contributed by atoms with van der Waals surface area (Å²) in [5.74, 6) is 1.22. The van der Waals surface area contributed by atoms with Crippen LogP contribution in [0.2, 0.25) is 0 Å². The Morgan fingerprint density at radius 3 is 1.84 bits per heavy atom. The summed E-state index contributed by atoms with van der Waals surface area (Å²) in [5, 5.41) is 140. The van der Waals surface area contributed by atoms with Crippen LogP contribution in [0.25, 0.3) is 0 Å². The van der Waals surface area contributed by atoms with E-state index in [1.54, 1.807) is 0 Å². The van der Waals surface area contributed by atoms with E-state index in [9.17, 15) is 66.4 Å². The van der Waals surface area contributed by atoms with E-state index in [-0.39, 0.29) is 29.5 Å². The van der Waals surface area contributed by atoms with Gasteiger partial charge < -0.3 is 114 Å². The van der Waals surface area contributed by atoms with Gasteiger partial charge >= 0.3 is 0 Å². The molecule has 0 aromatic carbocycles. The summed E-state index contributed by atoms with van der Waals surface area (Å²) >= 11 is 0. The lowest BCUT2D eigenvalue weighted by molar-refractivity contribution is -0.396. The highest BCUT2D eigenvalue weighted by atomic mass is 16.8. The Kier molecular flexibility index (Phi) is 16.0. The van der Waals surface area contributed by atoms with E-state index in [0.29, 0.717) is 36.5 Å². The minimum atomic E-state index is -2.01. The van der Waals surface area contributed by atoms with Gasteiger partial charge in [0, 0.05) is 12.3 Å². The summed E-state index contributed by atoms with van der Waals surface area (Å²) in [7, 11) is 0. The predicted molar refractivity (Wildman–Crippen MR) is 248 cm³/mol. The zero-order chi connectivity index (χ0) is 53.1. The molecule has 6 aliphatic heterocycles. The molecule has 74 heavy (non-hydrogen) atoms. The second-order valence-electron chi connectivity index (χ2n) is 24.1. The largest absolute Gasteiger partial charge is 0.394 e. The van der Waals surface area contributed by atoms with Crippen molar-refractivity contribution >= 4 is 0 Å². The highest BCUT2D eigenvalue weighted by Crippen LogP contribution is 2.71. The lowest BCUT2D eigenvalue weighted by Gasteiger charge is -2.58. The van der Waals surface area contributed by atoms with Crippen molar-refractivity contribution in [2.45, 2.75) is 239 Å². The van der Waals surface area contributed by atoms with Crippen LogP contribution in [0, 0.1) is 40.4 Å². The summed E-state index contributed by atoms with van der Waals surface area (Å²) in [6, 6.07) is 0. The van der Waals surface area contributed by atoms with Gasteiger partial charge in [-0.1, -0.05) is 32.4 Å². The normalized spacial score (nSPS) is 57.4. The molecule has 6 heterocycles. The predicted octanol–water partition coefficient (Wildman–Crippen LogP) is -2.85. The van der Waals surface area contributed by atoms with Crippen molar-refractivity contribution in [2.24, 2.45) is 40.4 Å². The highest BCUT2D eigenvalue weighted by Gasteiger charge is 2.70. The number of ether oxygens (including phenoxy) is 10. The third-order valence-corrected chi connectivity index (χ3v) is 20.0. The van der Waals surface area contributed by atoms with Gasteiger partial charge in [-0.2, -0.15) is 0 Å². The number of hydrogen-bond acceptors (Lipinski definition) is 23. The van der Waals surface area contributed by atoms with Crippen molar-refractivity contribution in [3.05, 3.63) is 11.6 Å². The van der Waals surface area contributed by atoms with Crippen LogP contribution < -0.4 is 0 Å². The quantitative estimate of drug-likeness (QED) is 0.0875. The number of aliphatic hydroxyl groups excluding tert-OH is 13. The van der Waals surface area contributed by atoms with Crippen LogP contribution in [-0.4, -0.2) is 239 Å². The SMILES string of the molecule is C[C@@H]1O[C@@H](O[C@H]2[C@H](O[C@H]3CC[C@@]4(C)C(=CC[C@H]5[C@@H]6C[C@@H]7O[C@]8(CC[C@@](C)(CO)O8)[C@@H](C)[C@@H]7[C@@]6(C)CC[C@@H]54)C3)O[C@H](CO)[C@@H](O[C@@H]3O[C@H](CO)[C@@H](O)[C@H](O[C@@H]4O[C@H](CO)[C@@H](O)[C@H](O)[C@H]4O)[C@H]3O)[C@@H]2O)[C@H](O)[C@H](O)[C@H]1O. The van der Waals surface area contributed by atoms with Crippen LogP contribution in [0.3, 0.4) is 0 Å². The third kappa shape index (κ3) is 9.29. The topological polar surface area (TPSA) is 355 Å². The zero-order valence-corrected chi connectivity index (χ0v) is 42.8. The van der Waals surface area contributed by atoms with Crippen molar-refractivity contribution in [2.75, 3.05) is 26.4 Å². The number of allylic oxidation sites excluding steroid dienone is 1. The molecule has 31 atom stereocenters. The molecule has 9 fully saturated rings. The van der Waals surface area contributed by atoms with Crippen molar-refractivity contribution in [3.63, 3.8) is 0 Å². The van der Waals surface area contributed by atoms with E-state index in [0.717, 1.165) is 44.9 Å². The average molecular weight is 1060 g/mol. The highest BCUT2D eigenvalue weighted by molar-refractivity contribution is 5.27. The maximum absolute atomic E-state index is 12.3. The van der Waals surface area contributed by atoms with Crippen molar-refractivity contribution in [1.29, 1.82) is 0 Å². The van der Waals surface area contributed by atoms with E-state index in [1.165, 1.54) is 12.5 Å². The molecule has 6 saturated heterocycles. The molecule has 13 N–H and O–H groups in total. The Balaban J connectivity index is 0.856. The molecule has 4 aliphatic carbocycles. The maximum atomic E-state index is 12.3. The number of hydrogen-bond donors (Lipinski definition) is 13. The van der Waals surface area contributed by atoms with Gasteiger partial charge in [0.2, 0.25) is 0 Å². The molecule has 0 amide bonds. The summed E-state index contributed by atoms with van der Waals surface area (Å²) in [5.41, 5.74) is 0.615. The molecular weight excluding hydrogens is 981 g/mol. The molecule has 23 nitrogen and oxygen atoms in total. The fraction of sp³-hybridized carbons (Fsp3) is 0.961. The van der Waals surface area contributed by atoms with Gasteiger partial charge in [0.25, 0.3) is 0 Å². The Hall–Kier alpha value is -1.18. The number of fused-ring (bicyclic) bond motifs is 7. The molecule has 3 saturated carbocycles. The van der Waals surface area contributed by atoms with Crippen molar-refractivity contribution < 1.29 is 114 Å². The molecule has 23 heteroatoms. The van der Waals surface area contributed by atoms with E-state index < -0.39 is 160 Å². The van der Waals surface area contributed by atoms with Gasteiger partial charge in [-0.3, -0.25) is 0 Å². The molecule has 0 unspecified atom stereocenters. The molecule has 0 bridgehead atoms. The molecule has 0 radical (unpaired) electrons. The van der Waals surface area contributed by atoms with Gasteiger partial charge in [0.1, 0.15) is 91.6 Å². The molecular formula is C51H82O23. The Morgan fingerprint density at radius 2 is 1.18 bits per heavy atom. The average Bonchev–Trinajstić information content (AvgIpc) is 3.99. The maximum Gasteiger partial charge on any atom is 0.187 e. The first-order valence-electron chi connectivity index (χ1n) is 26.9. The molecule has 0 aromatic rings. The fourth-order valence-electron chi connectivity index (χ4n) is 15.6. The van der Waals surface area contributed by atoms with E-state index in [2.05, 4.69) is 26.8 Å². The Labute approximate surface area is 430 Å². The number of rotatable bonds is 12. The lowest BCUT2D eigenvalue weighted by Crippen LogP contribution is -2.68. The standard InChI is InChI=1S/C51H82O23/c1-20-31-27(73-51(20)13-12-48(3,19-55)74-51)15-26-24-7-6-22-14-23(8-10-49(22,4)25(24)9-11-50(26,31)5)66-47-43(72-44-37(61)35(59)32(56)21(2)65-44)39(63)41(30(18-54)69-47)70-46-40(64)42(34(58)29(17-53)68-46)71-45-38(62)36(60)33(57)28(16-52)67-45/h6,20-21,23-47,52-64H,7-19H2,1-5H3/t20-,21-,23-,24+,25-,26-,27-,28+,29+,30+,31-,32-,33+,34+,35+,36-,37+,38+,39-,40+,41+,42-,43+,44-,45-,46-,47+,48-,49-,50-,51-/m0/s1.